The van der Waals surface area contributed by atoms with Gasteiger partial charge in [0, 0.05) is 37.7 Å². The van der Waals surface area contributed by atoms with Crippen molar-refractivity contribution in [3.63, 3.8) is 0 Å². The van der Waals surface area contributed by atoms with E-state index in [2.05, 4.69) is 5.32 Å². The molecule has 1 saturated carbocycles. The number of nitrogens with one attached hydrogen (secondary N) is 1. The number of aryl methyl sites for hydroxylation is 1. The second-order valence-electron chi connectivity index (χ2n) is 7.79. The van der Waals surface area contributed by atoms with E-state index in [1.165, 1.54) is 0 Å². The molecule has 0 bridgehead atoms. The first-order valence-electron chi connectivity index (χ1n) is 9.85. The van der Waals surface area contributed by atoms with Crippen LogP contribution in [0.25, 0.3) is 0 Å². The number of aliphatic hydroxyl groups is 1. The lowest BCUT2D eigenvalue weighted by atomic mass is 9.84. The Morgan fingerprint density at radius 2 is 1.78 bits per heavy atom. The number of carbonyl (C=O) groups excluding carboxylic acids is 2. The predicted molar refractivity (Wildman–Crippen MR) is 102 cm³/mol. The first-order valence-corrected chi connectivity index (χ1v) is 9.85. The van der Waals surface area contributed by atoms with Gasteiger partial charge in [-0.2, -0.15) is 0 Å². The third-order valence-electron chi connectivity index (χ3n) is 5.86. The van der Waals surface area contributed by atoms with Crippen molar-refractivity contribution in [2.75, 3.05) is 20.2 Å². The summed E-state index contributed by atoms with van der Waals surface area (Å²) >= 11 is 0. The standard InChI is InChI=1S/C21H30N2O4/c1-14-3-5-15(6-4-14)21(26)23-11-9-17(10-12-23)22-20(25)16-7-8-18(24)19(13-16)27-2/h3-6,16-19,24H,7-13H2,1-2H3,(H,22,25)/t16-,18+,19-/m1/s1. The maximum Gasteiger partial charge on any atom is 0.253 e. The van der Waals surface area contributed by atoms with Crippen LogP contribution < -0.4 is 5.32 Å². The van der Waals surface area contributed by atoms with Gasteiger partial charge in [0.15, 0.2) is 0 Å². The number of benzene rings is 1. The van der Waals surface area contributed by atoms with Crippen LogP contribution in [0.5, 0.6) is 0 Å². The maximum absolute atomic E-state index is 12.6. The molecule has 2 aliphatic rings. The first-order chi connectivity index (χ1) is 13.0. The van der Waals surface area contributed by atoms with Crippen LogP contribution in [0.4, 0.5) is 0 Å². The summed E-state index contributed by atoms with van der Waals surface area (Å²) in [6, 6.07) is 7.75. The Bertz CT molecular complexity index is 653. The average Bonchev–Trinajstić information content (AvgIpc) is 2.69. The fraction of sp³-hybridized carbons (Fsp3) is 0.619. The second kappa shape index (κ2) is 8.85. The van der Waals surface area contributed by atoms with E-state index < -0.39 is 6.10 Å². The number of nitrogens with zero attached hydrogens (tertiary/aromatic N) is 1. The molecular formula is C21H30N2O4. The van der Waals surface area contributed by atoms with Crippen LogP contribution in [0.1, 0.15) is 48.0 Å². The normalized spacial score (nSPS) is 26.6. The lowest BCUT2D eigenvalue weighted by Crippen LogP contribution is -2.49. The van der Waals surface area contributed by atoms with Gasteiger partial charge in [-0.05, 0) is 51.2 Å². The summed E-state index contributed by atoms with van der Waals surface area (Å²) in [5.74, 6) is 0.00168. The number of hydrogen-bond donors (Lipinski definition) is 2. The van der Waals surface area contributed by atoms with Crippen molar-refractivity contribution in [2.24, 2.45) is 5.92 Å². The number of amides is 2. The van der Waals surface area contributed by atoms with E-state index in [0.29, 0.717) is 32.4 Å². The Morgan fingerprint density at radius 3 is 2.41 bits per heavy atom. The number of hydrogen-bond acceptors (Lipinski definition) is 4. The number of ether oxygens (including phenoxy) is 1. The summed E-state index contributed by atoms with van der Waals surface area (Å²) in [6.45, 7) is 3.31. The van der Waals surface area contributed by atoms with Crippen LogP contribution in [0, 0.1) is 12.8 Å². The third-order valence-corrected chi connectivity index (χ3v) is 5.86. The van der Waals surface area contributed by atoms with Crippen molar-refractivity contribution in [2.45, 2.75) is 57.3 Å². The van der Waals surface area contributed by atoms with Crippen molar-refractivity contribution in [3.05, 3.63) is 35.4 Å². The van der Waals surface area contributed by atoms with Crippen molar-refractivity contribution < 1.29 is 19.4 Å². The SMILES string of the molecule is CO[C@@H]1C[C@H](C(=O)NC2CCN(C(=O)c3ccc(C)cc3)CC2)CC[C@@H]1O. The van der Waals surface area contributed by atoms with Gasteiger partial charge in [0.05, 0.1) is 12.2 Å². The number of piperidine rings is 1. The molecule has 1 aliphatic heterocycles. The summed E-state index contributed by atoms with van der Waals surface area (Å²) < 4.78 is 5.29. The second-order valence-corrected chi connectivity index (χ2v) is 7.79. The van der Waals surface area contributed by atoms with Crippen LogP contribution in [-0.2, 0) is 9.53 Å². The fourth-order valence-corrected chi connectivity index (χ4v) is 4.03. The first kappa shape index (κ1) is 19.8. The summed E-state index contributed by atoms with van der Waals surface area (Å²) in [7, 11) is 1.58. The molecule has 1 aromatic rings. The van der Waals surface area contributed by atoms with Gasteiger partial charge in [-0.1, -0.05) is 17.7 Å². The predicted octanol–water partition coefficient (Wildman–Crippen LogP) is 1.89. The molecule has 1 heterocycles. The molecule has 27 heavy (non-hydrogen) atoms. The molecule has 2 N–H and O–H groups in total. The van der Waals surface area contributed by atoms with Crippen molar-refractivity contribution >= 4 is 11.8 Å². The maximum atomic E-state index is 12.6. The van der Waals surface area contributed by atoms with Gasteiger partial charge in [-0.3, -0.25) is 9.59 Å². The van der Waals surface area contributed by atoms with Gasteiger partial charge in [-0.25, -0.2) is 0 Å². The van der Waals surface area contributed by atoms with Gasteiger partial charge in [0.1, 0.15) is 0 Å². The number of likely N-dealkylation sites (tertiary alicyclic amines) is 1. The molecule has 0 radical (unpaired) electrons. The van der Waals surface area contributed by atoms with Crippen LogP contribution in [0.2, 0.25) is 0 Å². The van der Waals surface area contributed by atoms with E-state index in [1.54, 1.807) is 7.11 Å². The number of aliphatic hydroxyl groups excluding tert-OH is 1. The zero-order valence-electron chi connectivity index (χ0n) is 16.2. The Labute approximate surface area is 160 Å². The van der Waals surface area contributed by atoms with Gasteiger partial charge in [0.25, 0.3) is 5.91 Å². The smallest absolute Gasteiger partial charge is 0.253 e. The molecule has 3 rings (SSSR count). The minimum atomic E-state index is -0.477. The molecule has 148 valence electrons. The lowest BCUT2D eigenvalue weighted by Gasteiger charge is -2.35. The molecule has 6 nitrogen and oxygen atoms in total. The zero-order valence-corrected chi connectivity index (χ0v) is 16.2. The number of rotatable bonds is 4. The van der Waals surface area contributed by atoms with E-state index in [4.69, 9.17) is 4.74 Å². The highest BCUT2D eigenvalue weighted by Crippen LogP contribution is 2.27. The highest BCUT2D eigenvalue weighted by atomic mass is 16.5. The molecule has 1 aliphatic carbocycles. The fourth-order valence-electron chi connectivity index (χ4n) is 4.03. The number of carbonyl (C=O) groups is 2. The van der Waals surface area contributed by atoms with E-state index in [-0.39, 0.29) is 29.9 Å². The van der Waals surface area contributed by atoms with Gasteiger partial charge < -0.3 is 20.1 Å². The van der Waals surface area contributed by atoms with Gasteiger partial charge in [-0.15, -0.1) is 0 Å². The van der Waals surface area contributed by atoms with Crippen LogP contribution >= 0.6 is 0 Å². The summed E-state index contributed by atoms with van der Waals surface area (Å²) in [4.78, 5) is 27.0. The monoisotopic (exact) mass is 374 g/mol. The Kier molecular flexibility index (Phi) is 6.50. The Hall–Kier alpha value is -1.92. The highest BCUT2D eigenvalue weighted by molar-refractivity contribution is 5.94. The Balaban J connectivity index is 1.47. The topological polar surface area (TPSA) is 78.9 Å². The van der Waals surface area contributed by atoms with E-state index >= 15 is 0 Å². The van der Waals surface area contributed by atoms with E-state index in [1.807, 2.05) is 36.1 Å². The van der Waals surface area contributed by atoms with E-state index in [9.17, 15) is 14.7 Å². The molecule has 0 spiro atoms. The minimum absolute atomic E-state index is 0.0484. The molecular weight excluding hydrogens is 344 g/mol. The molecule has 3 atom stereocenters. The molecule has 2 amide bonds. The van der Waals surface area contributed by atoms with Crippen LogP contribution in [0.3, 0.4) is 0 Å². The lowest BCUT2D eigenvalue weighted by molar-refractivity contribution is -0.131. The summed E-state index contributed by atoms with van der Waals surface area (Å²) in [5, 5.41) is 13.0. The summed E-state index contributed by atoms with van der Waals surface area (Å²) in [5.41, 5.74) is 1.85. The van der Waals surface area contributed by atoms with Crippen molar-refractivity contribution in [1.29, 1.82) is 0 Å². The van der Waals surface area contributed by atoms with Crippen molar-refractivity contribution in [1.82, 2.24) is 10.2 Å². The van der Waals surface area contributed by atoms with Crippen LogP contribution in [0.15, 0.2) is 24.3 Å². The quantitative estimate of drug-likeness (QED) is 0.844. The molecule has 6 heteroatoms. The van der Waals surface area contributed by atoms with Crippen LogP contribution in [-0.4, -0.2) is 60.3 Å². The number of methoxy groups -OCH3 is 1. The van der Waals surface area contributed by atoms with Gasteiger partial charge in [0.2, 0.25) is 5.91 Å². The summed E-state index contributed by atoms with van der Waals surface area (Å²) in [6.07, 6.45) is 2.66. The zero-order chi connectivity index (χ0) is 19.4. The molecule has 0 aromatic heterocycles. The largest absolute Gasteiger partial charge is 0.390 e. The molecule has 1 saturated heterocycles. The molecule has 0 unspecified atom stereocenters. The third kappa shape index (κ3) is 4.87. The van der Waals surface area contributed by atoms with Gasteiger partial charge >= 0.3 is 0 Å². The Morgan fingerprint density at radius 1 is 1.11 bits per heavy atom. The van der Waals surface area contributed by atoms with E-state index in [0.717, 1.165) is 24.0 Å². The molecule has 2 fully saturated rings. The average molecular weight is 374 g/mol. The minimum Gasteiger partial charge on any atom is -0.390 e. The molecule has 1 aromatic carbocycles. The highest BCUT2D eigenvalue weighted by Gasteiger charge is 2.34. The van der Waals surface area contributed by atoms with Crippen molar-refractivity contribution in [3.8, 4) is 0 Å².